The molecule has 0 radical (unpaired) electrons. The molecule has 5 heteroatoms. The number of aryl methyl sites for hydroxylation is 1. The van der Waals surface area contributed by atoms with Crippen LogP contribution in [0.4, 0.5) is 0 Å². The Morgan fingerprint density at radius 1 is 1.04 bits per heavy atom. The van der Waals surface area contributed by atoms with Crippen LogP contribution in [-0.4, -0.2) is 37.2 Å². The van der Waals surface area contributed by atoms with E-state index in [9.17, 15) is 4.79 Å². The van der Waals surface area contributed by atoms with E-state index in [1.807, 2.05) is 13.0 Å². The van der Waals surface area contributed by atoms with Crippen LogP contribution in [0.15, 0.2) is 16.9 Å². The summed E-state index contributed by atoms with van der Waals surface area (Å²) < 4.78 is 10.8. The van der Waals surface area contributed by atoms with Gasteiger partial charge in [-0.05, 0) is 45.0 Å². The average Bonchev–Trinajstić information content (AvgIpc) is 2.86. The second-order valence-corrected chi connectivity index (χ2v) is 6.47. The number of rotatable bonds is 4. The third kappa shape index (κ3) is 3.13. The van der Waals surface area contributed by atoms with E-state index in [0.717, 1.165) is 24.3 Å². The van der Waals surface area contributed by atoms with Crippen LogP contribution in [0.2, 0.25) is 0 Å². The summed E-state index contributed by atoms with van der Waals surface area (Å²) in [6, 6.07) is 3.62. The minimum atomic E-state index is 0.0428. The van der Waals surface area contributed by atoms with Gasteiger partial charge in [-0.3, -0.25) is 9.69 Å². The van der Waals surface area contributed by atoms with E-state index in [1.54, 1.807) is 20.3 Å². The monoisotopic (exact) mass is 330 g/mol. The molecule has 0 spiro atoms. The summed E-state index contributed by atoms with van der Waals surface area (Å²) in [5.74, 6) is 1.25. The highest BCUT2D eigenvalue weighted by atomic mass is 16.5. The predicted molar refractivity (Wildman–Crippen MR) is 96.2 cm³/mol. The minimum Gasteiger partial charge on any atom is -0.496 e. The van der Waals surface area contributed by atoms with Gasteiger partial charge in [-0.2, -0.15) is 0 Å². The molecule has 2 heterocycles. The van der Waals surface area contributed by atoms with Crippen molar-refractivity contribution in [3.63, 3.8) is 0 Å². The van der Waals surface area contributed by atoms with Gasteiger partial charge in [0.15, 0.2) is 5.43 Å². The highest BCUT2D eigenvalue weighted by Gasteiger charge is 2.19. The lowest BCUT2D eigenvalue weighted by Gasteiger charge is -2.21. The molecular formula is C19H26N2O3. The summed E-state index contributed by atoms with van der Waals surface area (Å²) in [4.78, 5) is 18.9. The van der Waals surface area contributed by atoms with Gasteiger partial charge in [-0.25, -0.2) is 0 Å². The van der Waals surface area contributed by atoms with E-state index < -0.39 is 0 Å². The first-order valence-corrected chi connectivity index (χ1v) is 8.64. The quantitative estimate of drug-likeness (QED) is 0.935. The Kier molecular flexibility index (Phi) is 5.09. The van der Waals surface area contributed by atoms with Crippen LogP contribution in [0, 0.1) is 6.92 Å². The molecule has 5 nitrogen and oxygen atoms in total. The maximum absolute atomic E-state index is 13.2. The molecule has 1 N–H and O–H groups in total. The smallest absolute Gasteiger partial charge is 0.198 e. The van der Waals surface area contributed by atoms with Crippen molar-refractivity contribution in [2.24, 2.45) is 0 Å². The number of likely N-dealkylation sites (tertiary alicyclic amines) is 1. The molecule has 1 aliphatic rings. The van der Waals surface area contributed by atoms with Crippen LogP contribution in [0.3, 0.4) is 0 Å². The standard InChI is InChI=1S/C19H26N2O3/c1-13-14(12-21-10-6-4-5-7-11-21)19(22)17-15(23-2)8-9-16(24-3)18(17)20-13/h8-9H,4-7,10-12H2,1-3H3,(H,20,22). The summed E-state index contributed by atoms with van der Waals surface area (Å²) >= 11 is 0. The summed E-state index contributed by atoms with van der Waals surface area (Å²) in [5, 5.41) is 0.576. The van der Waals surface area contributed by atoms with Crippen molar-refractivity contribution in [1.29, 1.82) is 0 Å². The highest BCUT2D eigenvalue weighted by Crippen LogP contribution is 2.30. The third-order valence-electron chi connectivity index (χ3n) is 4.92. The highest BCUT2D eigenvalue weighted by molar-refractivity contribution is 5.90. The van der Waals surface area contributed by atoms with E-state index in [2.05, 4.69) is 9.88 Å². The Morgan fingerprint density at radius 2 is 1.67 bits per heavy atom. The molecule has 0 unspecified atom stereocenters. The molecule has 0 atom stereocenters. The number of ether oxygens (including phenoxy) is 2. The van der Waals surface area contributed by atoms with Gasteiger partial charge in [0.1, 0.15) is 11.5 Å². The number of aromatic amines is 1. The molecule has 24 heavy (non-hydrogen) atoms. The lowest BCUT2D eigenvalue weighted by molar-refractivity contribution is 0.275. The van der Waals surface area contributed by atoms with Crippen molar-refractivity contribution in [3.8, 4) is 11.5 Å². The second-order valence-electron chi connectivity index (χ2n) is 6.47. The molecule has 130 valence electrons. The minimum absolute atomic E-state index is 0.0428. The number of H-pyrrole nitrogens is 1. The summed E-state index contributed by atoms with van der Waals surface area (Å²) in [7, 11) is 3.20. The first-order valence-electron chi connectivity index (χ1n) is 8.64. The van der Waals surface area contributed by atoms with Crippen LogP contribution >= 0.6 is 0 Å². The van der Waals surface area contributed by atoms with Crippen molar-refractivity contribution < 1.29 is 9.47 Å². The van der Waals surface area contributed by atoms with Gasteiger partial charge in [-0.1, -0.05) is 12.8 Å². The van der Waals surface area contributed by atoms with Crippen LogP contribution in [0.5, 0.6) is 11.5 Å². The van der Waals surface area contributed by atoms with Gasteiger partial charge >= 0.3 is 0 Å². The lowest BCUT2D eigenvalue weighted by atomic mass is 10.1. The van der Waals surface area contributed by atoms with Crippen molar-refractivity contribution >= 4 is 10.9 Å². The zero-order valence-corrected chi connectivity index (χ0v) is 14.8. The van der Waals surface area contributed by atoms with E-state index in [4.69, 9.17) is 9.47 Å². The number of nitrogens with zero attached hydrogens (tertiary/aromatic N) is 1. The Bertz CT molecular complexity index is 774. The third-order valence-corrected chi connectivity index (χ3v) is 4.92. The maximum atomic E-state index is 13.2. The molecule has 2 aromatic rings. The molecular weight excluding hydrogens is 304 g/mol. The number of nitrogens with one attached hydrogen (secondary N) is 1. The Hall–Kier alpha value is -2.01. The Morgan fingerprint density at radius 3 is 2.29 bits per heavy atom. The molecule has 1 aromatic heterocycles. The molecule has 3 rings (SSSR count). The fourth-order valence-corrected chi connectivity index (χ4v) is 3.55. The van der Waals surface area contributed by atoms with Crippen molar-refractivity contribution in [3.05, 3.63) is 33.6 Å². The number of benzene rings is 1. The van der Waals surface area contributed by atoms with Gasteiger partial charge in [0.2, 0.25) is 0 Å². The van der Waals surface area contributed by atoms with Crippen molar-refractivity contribution in [1.82, 2.24) is 9.88 Å². The largest absolute Gasteiger partial charge is 0.496 e. The number of aromatic nitrogens is 1. The first-order chi connectivity index (χ1) is 11.7. The summed E-state index contributed by atoms with van der Waals surface area (Å²) in [6.07, 6.45) is 4.99. The number of pyridine rings is 1. The molecule has 1 aromatic carbocycles. The van der Waals surface area contributed by atoms with Crippen LogP contribution < -0.4 is 14.9 Å². The SMILES string of the molecule is COc1ccc(OC)c2c(=O)c(CN3CCCCCC3)c(C)[nH]c12. The maximum Gasteiger partial charge on any atom is 0.198 e. The van der Waals surface area contributed by atoms with Gasteiger partial charge in [0, 0.05) is 17.8 Å². The molecule has 0 amide bonds. The lowest BCUT2D eigenvalue weighted by Crippen LogP contribution is -2.28. The van der Waals surface area contributed by atoms with E-state index in [-0.39, 0.29) is 5.43 Å². The fourth-order valence-electron chi connectivity index (χ4n) is 3.55. The molecule has 1 aliphatic heterocycles. The average molecular weight is 330 g/mol. The molecule has 1 fully saturated rings. The fraction of sp³-hybridized carbons (Fsp3) is 0.526. The van der Waals surface area contributed by atoms with Gasteiger partial charge < -0.3 is 14.5 Å². The van der Waals surface area contributed by atoms with Crippen LogP contribution in [-0.2, 0) is 6.54 Å². The molecule has 0 bridgehead atoms. The summed E-state index contributed by atoms with van der Waals surface area (Å²) in [5.41, 5.74) is 2.49. The molecule has 1 saturated heterocycles. The zero-order chi connectivity index (χ0) is 17.1. The number of fused-ring (bicyclic) bond motifs is 1. The topological polar surface area (TPSA) is 54.6 Å². The first kappa shape index (κ1) is 16.8. The number of hydrogen-bond acceptors (Lipinski definition) is 4. The normalized spacial score (nSPS) is 16.1. The van der Waals surface area contributed by atoms with Crippen molar-refractivity contribution in [2.75, 3.05) is 27.3 Å². The van der Waals surface area contributed by atoms with E-state index >= 15 is 0 Å². The Balaban J connectivity index is 2.10. The van der Waals surface area contributed by atoms with E-state index in [0.29, 0.717) is 28.9 Å². The number of hydrogen-bond donors (Lipinski definition) is 1. The van der Waals surface area contributed by atoms with Crippen LogP contribution in [0.25, 0.3) is 10.9 Å². The van der Waals surface area contributed by atoms with Crippen LogP contribution in [0.1, 0.15) is 36.9 Å². The predicted octanol–water partition coefficient (Wildman–Crippen LogP) is 3.23. The Labute approximate surface area is 142 Å². The second kappa shape index (κ2) is 7.26. The van der Waals surface area contributed by atoms with Gasteiger partial charge in [0.25, 0.3) is 0 Å². The van der Waals surface area contributed by atoms with Gasteiger partial charge in [-0.15, -0.1) is 0 Å². The summed E-state index contributed by atoms with van der Waals surface area (Å²) in [6.45, 7) is 4.78. The zero-order valence-electron chi connectivity index (χ0n) is 14.8. The number of methoxy groups -OCH3 is 2. The molecule has 0 aliphatic carbocycles. The molecule has 0 saturated carbocycles. The van der Waals surface area contributed by atoms with Crippen molar-refractivity contribution in [2.45, 2.75) is 39.2 Å². The van der Waals surface area contributed by atoms with E-state index in [1.165, 1.54) is 25.7 Å². The van der Waals surface area contributed by atoms with Gasteiger partial charge in [0.05, 0.1) is 25.1 Å².